The Labute approximate surface area is 111 Å². The minimum atomic E-state index is -1.09. The van der Waals surface area contributed by atoms with Crippen LogP contribution in [0.25, 0.3) is 0 Å². The molecule has 2 rings (SSSR count). The van der Waals surface area contributed by atoms with E-state index in [0.717, 1.165) is 24.3 Å². The predicted molar refractivity (Wildman–Crippen MR) is 64.2 cm³/mol. The van der Waals surface area contributed by atoms with Crippen LogP contribution in [-0.2, 0) is 0 Å². The van der Waals surface area contributed by atoms with E-state index in [-0.39, 0.29) is 22.7 Å². The molecular formula is C13H6F2N2O3. The van der Waals surface area contributed by atoms with E-state index in [9.17, 15) is 18.9 Å². The van der Waals surface area contributed by atoms with Gasteiger partial charge in [0.25, 0.3) is 5.69 Å². The first-order valence-corrected chi connectivity index (χ1v) is 5.32. The monoisotopic (exact) mass is 276 g/mol. The van der Waals surface area contributed by atoms with Crippen molar-refractivity contribution in [3.63, 3.8) is 0 Å². The summed E-state index contributed by atoms with van der Waals surface area (Å²) in [7, 11) is 0. The van der Waals surface area contributed by atoms with Gasteiger partial charge in [-0.15, -0.1) is 0 Å². The molecule has 0 aromatic heterocycles. The van der Waals surface area contributed by atoms with E-state index >= 15 is 0 Å². The lowest BCUT2D eigenvalue weighted by Gasteiger charge is -2.07. The number of nitro groups is 1. The molecule has 2 aromatic carbocycles. The van der Waals surface area contributed by atoms with Gasteiger partial charge < -0.3 is 4.74 Å². The van der Waals surface area contributed by atoms with Crippen molar-refractivity contribution >= 4 is 5.69 Å². The lowest BCUT2D eigenvalue weighted by atomic mass is 10.2. The Morgan fingerprint density at radius 3 is 2.50 bits per heavy atom. The third kappa shape index (κ3) is 2.70. The molecule has 7 heteroatoms. The number of nitro benzene ring substituents is 1. The molecule has 0 aliphatic rings. The minimum Gasteiger partial charge on any atom is -0.456 e. The molecule has 100 valence electrons. The Morgan fingerprint density at radius 1 is 1.15 bits per heavy atom. The molecule has 0 aliphatic heterocycles. The normalized spacial score (nSPS) is 9.85. The molecule has 0 aliphatic carbocycles. The van der Waals surface area contributed by atoms with E-state index < -0.39 is 16.6 Å². The Balaban J connectivity index is 2.36. The average Bonchev–Trinajstić information content (AvgIpc) is 2.43. The van der Waals surface area contributed by atoms with Gasteiger partial charge in [-0.05, 0) is 18.2 Å². The van der Waals surface area contributed by atoms with E-state index in [0.29, 0.717) is 0 Å². The summed E-state index contributed by atoms with van der Waals surface area (Å²) < 4.78 is 31.0. The molecule has 0 bridgehead atoms. The lowest BCUT2D eigenvalue weighted by molar-refractivity contribution is -0.384. The van der Waals surface area contributed by atoms with Gasteiger partial charge in [0.2, 0.25) is 0 Å². The molecule has 0 spiro atoms. The maximum atomic E-state index is 13.0. The van der Waals surface area contributed by atoms with Gasteiger partial charge in [0.15, 0.2) is 11.6 Å². The number of hydrogen-bond donors (Lipinski definition) is 0. The van der Waals surface area contributed by atoms with Crippen molar-refractivity contribution in [2.24, 2.45) is 0 Å². The van der Waals surface area contributed by atoms with Crippen molar-refractivity contribution in [1.29, 1.82) is 5.26 Å². The largest absolute Gasteiger partial charge is 0.456 e. The number of nitrogens with zero attached hydrogens (tertiary/aromatic N) is 2. The predicted octanol–water partition coefficient (Wildman–Crippen LogP) is 3.54. The molecular weight excluding hydrogens is 270 g/mol. The van der Waals surface area contributed by atoms with Crippen LogP contribution >= 0.6 is 0 Å². The van der Waals surface area contributed by atoms with E-state index in [4.69, 9.17) is 10.00 Å². The minimum absolute atomic E-state index is 0.0177. The first kappa shape index (κ1) is 13.4. The zero-order chi connectivity index (χ0) is 14.7. The highest BCUT2D eigenvalue weighted by atomic mass is 19.2. The summed E-state index contributed by atoms with van der Waals surface area (Å²) >= 11 is 0. The highest BCUT2D eigenvalue weighted by Crippen LogP contribution is 2.28. The van der Waals surface area contributed by atoms with Gasteiger partial charge in [0.1, 0.15) is 23.1 Å². The Kier molecular flexibility index (Phi) is 3.57. The quantitative estimate of drug-likeness (QED) is 0.634. The van der Waals surface area contributed by atoms with Gasteiger partial charge in [-0.3, -0.25) is 10.1 Å². The third-order valence-corrected chi connectivity index (χ3v) is 2.41. The second kappa shape index (κ2) is 5.32. The zero-order valence-electron chi connectivity index (χ0n) is 9.84. The highest BCUT2D eigenvalue weighted by Gasteiger charge is 2.13. The van der Waals surface area contributed by atoms with Crippen LogP contribution in [0.2, 0.25) is 0 Å². The van der Waals surface area contributed by atoms with Crippen LogP contribution < -0.4 is 4.74 Å². The van der Waals surface area contributed by atoms with Gasteiger partial charge in [0.05, 0.1) is 4.92 Å². The number of hydrogen-bond acceptors (Lipinski definition) is 4. The van der Waals surface area contributed by atoms with Crippen molar-refractivity contribution in [3.05, 3.63) is 63.7 Å². The van der Waals surface area contributed by atoms with E-state index in [1.54, 1.807) is 6.07 Å². The molecule has 5 nitrogen and oxygen atoms in total. The number of nitriles is 1. The zero-order valence-corrected chi connectivity index (χ0v) is 9.84. The maximum absolute atomic E-state index is 13.0. The first-order chi connectivity index (χ1) is 9.51. The van der Waals surface area contributed by atoms with Crippen molar-refractivity contribution in [3.8, 4) is 17.6 Å². The summed E-state index contributed by atoms with van der Waals surface area (Å²) in [6, 6.07) is 8.02. The lowest BCUT2D eigenvalue weighted by Crippen LogP contribution is -1.93. The van der Waals surface area contributed by atoms with E-state index in [1.165, 1.54) is 12.1 Å². The van der Waals surface area contributed by atoms with Crippen LogP contribution in [0.15, 0.2) is 36.4 Å². The summed E-state index contributed by atoms with van der Waals surface area (Å²) in [6.45, 7) is 0. The van der Waals surface area contributed by atoms with Crippen LogP contribution in [0.5, 0.6) is 11.5 Å². The Hall–Kier alpha value is -3.01. The van der Waals surface area contributed by atoms with Crippen molar-refractivity contribution in [2.75, 3.05) is 0 Å². The fourth-order valence-electron chi connectivity index (χ4n) is 1.48. The summed E-state index contributed by atoms with van der Waals surface area (Å²) in [4.78, 5) is 9.93. The molecule has 0 atom stereocenters. The third-order valence-electron chi connectivity index (χ3n) is 2.41. The Morgan fingerprint density at radius 2 is 1.90 bits per heavy atom. The van der Waals surface area contributed by atoms with Crippen molar-refractivity contribution in [1.82, 2.24) is 0 Å². The fraction of sp³-hybridized carbons (Fsp3) is 0. The number of benzene rings is 2. The summed E-state index contributed by atoms with van der Waals surface area (Å²) in [5.41, 5.74) is -0.344. The van der Waals surface area contributed by atoms with E-state index in [2.05, 4.69) is 0 Å². The van der Waals surface area contributed by atoms with E-state index in [1.807, 2.05) is 0 Å². The summed E-state index contributed by atoms with van der Waals surface area (Å²) in [5, 5.41) is 19.5. The first-order valence-electron chi connectivity index (χ1n) is 5.32. The smallest absolute Gasteiger partial charge is 0.271 e. The molecule has 2 aromatic rings. The second-order valence-corrected chi connectivity index (χ2v) is 3.73. The molecule has 0 heterocycles. The topological polar surface area (TPSA) is 76.2 Å². The van der Waals surface area contributed by atoms with Crippen LogP contribution in [0.4, 0.5) is 14.5 Å². The molecule has 0 amide bonds. The molecule has 0 saturated heterocycles. The van der Waals surface area contributed by atoms with Crippen molar-refractivity contribution < 1.29 is 18.4 Å². The fourth-order valence-corrected chi connectivity index (χ4v) is 1.48. The molecule has 0 N–H and O–H groups in total. The standard InChI is InChI=1S/C13H6F2N2O3/c14-11-3-2-10(6-12(11)15)20-13-4-1-9(17(18)19)5-8(13)7-16/h1-6H. The summed E-state index contributed by atoms with van der Waals surface area (Å²) in [6.07, 6.45) is 0. The van der Waals surface area contributed by atoms with Crippen molar-refractivity contribution in [2.45, 2.75) is 0 Å². The second-order valence-electron chi connectivity index (χ2n) is 3.73. The van der Waals surface area contributed by atoms with Crippen LogP contribution in [0.3, 0.4) is 0 Å². The van der Waals surface area contributed by atoms with Crippen LogP contribution in [-0.4, -0.2) is 4.92 Å². The van der Waals surface area contributed by atoms with Gasteiger partial charge in [0, 0.05) is 18.2 Å². The summed E-state index contributed by atoms with van der Waals surface area (Å²) in [5.74, 6) is -2.12. The average molecular weight is 276 g/mol. The van der Waals surface area contributed by atoms with Crippen LogP contribution in [0, 0.1) is 33.1 Å². The molecule has 0 saturated carbocycles. The molecule has 20 heavy (non-hydrogen) atoms. The number of non-ortho nitro benzene ring substituents is 1. The van der Waals surface area contributed by atoms with Gasteiger partial charge in [-0.1, -0.05) is 0 Å². The number of halogens is 2. The van der Waals surface area contributed by atoms with Gasteiger partial charge >= 0.3 is 0 Å². The number of rotatable bonds is 3. The molecule has 0 radical (unpaired) electrons. The Bertz CT molecular complexity index is 726. The SMILES string of the molecule is N#Cc1cc([N+](=O)[O-])ccc1Oc1ccc(F)c(F)c1. The van der Waals surface area contributed by atoms with Crippen LogP contribution in [0.1, 0.15) is 5.56 Å². The number of ether oxygens (including phenoxy) is 1. The van der Waals surface area contributed by atoms with Gasteiger partial charge in [-0.2, -0.15) is 5.26 Å². The highest BCUT2D eigenvalue weighted by molar-refractivity contribution is 5.51. The maximum Gasteiger partial charge on any atom is 0.271 e. The molecule has 0 unspecified atom stereocenters. The molecule has 0 fully saturated rings. The van der Waals surface area contributed by atoms with Gasteiger partial charge in [-0.25, -0.2) is 8.78 Å².